The Kier molecular flexibility index (Phi) is 7.32. The minimum Gasteiger partial charge on any atom is -0.493 e. The van der Waals surface area contributed by atoms with E-state index in [1.54, 1.807) is 0 Å². The third-order valence-corrected chi connectivity index (χ3v) is 4.82. The molecule has 0 bridgehead atoms. The number of pyridine rings is 1. The topological polar surface area (TPSA) is 85.0 Å². The standard InChI is InChI=1S/C20H25N5O2.HI/c21-20(24-17-8-11-27-18-6-2-1-5-16(17)18)22-14-15-4-3-7-19(23-15)25-9-12-26-13-10-25;/h1-7,17H,8-14H2,(H3,21,22,24);1H. The molecule has 8 heteroatoms. The van der Waals surface area contributed by atoms with Crippen LogP contribution in [0.2, 0.25) is 0 Å². The van der Waals surface area contributed by atoms with Crippen molar-refractivity contribution in [2.24, 2.45) is 10.7 Å². The molecule has 4 rings (SSSR count). The Bertz CT molecular complexity index is 811. The van der Waals surface area contributed by atoms with Gasteiger partial charge >= 0.3 is 0 Å². The molecule has 7 nitrogen and oxygen atoms in total. The van der Waals surface area contributed by atoms with Gasteiger partial charge in [0.15, 0.2) is 5.96 Å². The second-order valence-electron chi connectivity index (χ2n) is 6.66. The highest BCUT2D eigenvalue weighted by Gasteiger charge is 2.21. The fourth-order valence-electron chi connectivity index (χ4n) is 3.41. The van der Waals surface area contributed by atoms with Gasteiger partial charge in [0.1, 0.15) is 11.6 Å². The summed E-state index contributed by atoms with van der Waals surface area (Å²) >= 11 is 0. The van der Waals surface area contributed by atoms with Gasteiger partial charge in [-0.1, -0.05) is 24.3 Å². The van der Waals surface area contributed by atoms with Crippen LogP contribution in [0.25, 0.3) is 0 Å². The van der Waals surface area contributed by atoms with E-state index in [0.29, 0.717) is 19.1 Å². The van der Waals surface area contributed by atoms with Crippen LogP contribution in [0.5, 0.6) is 5.75 Å². The van der Waals surface area contributed by atoms with E-state index in [1.807, 2.05) is 36.4 Å². The highest BCUT2D eigenvalue weighted by Crippen LogP contribution is 2.31. The van der Waals surface area contributed by atoms with Crippen molar-refractivity contribution in [3.05, 3.63) is 53.7 Å². The lowest BCUT2D eigenvalue weighted by Crippen LogP contribution is -2.37. The first-order valence-electron chi connectivity index (χ1n) is 9.36. The van der Waals surface area contributed by atoms with Crippen LogP contribution in [0, 0.1) is 0 Å². The SMILES string of the molecule is I.NC(=NCc1cccc(N2CCOCC2)n1)NC1CCOc2ccccc21. The third-order valence-electron chi connectivity index (χ3n) is 4.82. The zero-order valence-corrected chi connectivity index (χ0v) is 18.0. The van der Waals surface area contributed by atoms with E-state index < -0.39 is 0 Å². The monoisotopic (exact) mass is 495 g/mol. The Morgan fingerprint density at radius 3 is 2.82 bits per heavy atom. The summed E-state index contributed by atoms with van der Waals surface area (Å²) < 4.78 is 11.1. The summed E-state index contributed by atoms with van der Waals surface area (Å²) in [5.74, 6) is 2.31. The average molecular weight is 495 g/mol. The Labute approximate surface area is 182 Å². The number of fused-ring (bicyclic) bond motifs is 1. The molecule has 0 radical (unpaired) electrons. The van der Waals surface area contributed by atoms with Crippen molar-refractivity contribution in [3.63, 3.8) is 0 Å². The Morgan fingerprint density at radius 2 is 1.96 bits per heavy atom. The molecule has 0 saturated carbocycles. The molecule has 28 heavy (non-hydrogen) atoms. The highest BCUT2D eigenvalue weighted by atomic mass is 127. The van der Waals surface area contributed by atoms with Crippen molar-refractivity contribution in [1.82, 2.24) is 10.3 Å². The summed E-state index contributed by atoms with van der Waals surface area (Å²) in [6.45, 7) is 4.34. The maximum absolute atomic E-state index is 6.13. The van der Waals surface area contributed by atoms with Crippen LogP contribution >= 0.6 is 24.0 Å². The van der Waals surface area contributed by atoms with Crippen molar-refractivity contribution < 1.29 is 9.47 Å². The molecule has 1 unspecified atom stereocenters. The average Bonchev–Trinajstić information content (AvgIpc) is 2.73. The predicted molar refractivity (Wildman–Crippen MR) is 120 cm³/mol. The molecule has 1 aromatic carbocycles. The van der Waals surface area contributed by atoms with Crippen LogP contribution in [-0.2, 0) is 11.3 Å². The fraction of sp³-hybridized carbons (Fsp3) is 0.400. The van der Waals surface area contributed by atoms with E-state index in [-0.39, 0.29) is 30.0 Å². The van der Waals surface area contributed by atoms with E-state index in [4.69, 9.17) is 20.2 Å². The number of guanidine groups is 1. The molecule has 2 aromatic rings. The van der Waals surface area contributed by atoms with Gasteiger partial charge in [-0.25, -0.2) is 9.98 Å². The van der Waals surface area contributed by atoms with Gasteiger partial charge in [-0.2, -0.15) is 0 Å². The molecule has 0 aliphatic carbocycles. The highest BCUT2D eigenvalue weighted by molar-refractivity contribution is 14.0. The Hall–Kier alpha value is -2.07. The summed E-state index contributed by atoms with van der Waals surface area (Å²) in [6.07, 6.45) is 0.859. The van der Waals surface area contributed by atoms with E-state index in [9.17, 15) is 0 Å². The van der Waals surface area contributed by atoms with E-state index in [1.165, 1.54) is 0 Å². The normalized spacial score (nSPS) is 19.2. The van der Waals surface area contributed by atoms with E-state index in [2.05, 4.69) is 21.3 Å². The molecule has 2 aliphatic rings. The first kappa shape index (κ1) is 20.7. The van der Waals surface area contributed by atoms with Crippen LogP contribution in [-0.4, -0.2) is 43.9 Å². The number of para-hydroxylation sites is 1. The van der Waals surface area contributed by atoms with Crippen LogP contribution < -0.4 is 20.7 Å². The molecule has 1 fully saturated rings. The van der Waals surface area contributed by atoms with Crippen molar-refractivity contribution in [3.8, 4) is 5.75 Å². The third kappa shape index (κ3) is 5.05. The number of hydrogen-bond acceptors (Lipinski definition) is 5. The van der Waals surface area contributed by atoms with Crippen molar-refractivity contribution >= 4 is 35.8 Å². The summed E-state index contributed by atoms with van der Waals surface area (Å²) in [5.41, 5.74) is 8.15. The molecule has 2 aliphatic heterocycles. The largest absolute Gasteiger partial charge is 0.493 e. The van der Waals surface area contributed by atoms with Crippen LogP contribution in [0.4, 0.5) is 5.82 Å². The molecule has 1 saturated heterocycles. The molecular weight excluding hydrogens is 469 g/mol. The number of aliphatic imine (C=N–C) groups is 1. The lowest BCUT2D eigenvalue weighted by molar-refractivity contribution is 0.122. The number of nitrogens with one attached hydrogen (secondary N) is 1. The number of nitrogens with zero attached hydrogens (tertiary/aromatic N) is 3. The number of benzene rings is 1. The number of anilines is 1. The number of ether oxygens (including phenoxy) is 2. The first-order valence-corrected chi connectivity index (χ1v) is 9.36. The lowest BCUT2D eigenvalue weighted by Gasteiger charge is -2.28. The van der Waals surface area contributed by atoms with Crippen molar-refractivity contribution in [2.75, 3.05) is 37.8 Å². The molecule has 0 spiro atoms. The van der Waals surface area contributed by atoms with Gasteiger partial charge < -0.3 is 25.4 Å². The van der Waals surface area contributed by atoms with Gasteiger partial charge in [-0.3, -0.25) is 0 Å². The van der Waals surface area contributed by atoms with E-state index in [0.717, 1.165) is 55.5 Å². The number of rotatable bonds is 4. The second kappa shape index (κ2) is 9.92. The maximum Gasteiger partial charge on any atom is 0.189 e. The van der Waals surface area contributed by atoms with Gasteiger partial charge in [0, 0.05) is 25.1 Å². The maximum atomic E-state index is 6.13. The number of morpholine rings is 1. The smallest absolute Gasteiger partial charge is 0.189 e. The van der Waals surface area contributed by atoms with E-state index >= 15 is 0 Å². The molecular formula is C20H26IN5O2. The molecule has 3 N–H and O–H groups in total. The van der Waals surface area contributed by atoms with Crippen LogP contribution in [0.15, 0.2) is 47.5 Å². The minimum absolute atomic E-state index is 0. The van der Waals surface area contributed by atoms with Gasteiger partial charge in [0.25, 0.3) is 0 Å². The van der Waals surface area contributed by atoms with Gasteiger partial charge in [0.05, 0.1) is 38.1 Å². The predicted octanol–water partition coefficient (Wildman–Crippen LogP) is 2.46. The zero-order valence-electron chi connectivity index (χ0n) is 15.7. The Balaban J connectivity index is 0.00000225. The fourth-order valence-corrected chi connectivity index (χ4v) is 3.41. The van der Waals surface area contributed by atoms with Gasteiger partial charge in [-0.05, 0) is 18.2 Å². The molecule has 1 atom stereocenters. The summed E-state index contributed by atoms with van der Waals surface area (Å²) in [6, 6.07) is 14.2. The second-order valence-corrected chi connectivity index (χ2v) is 6.66. The summed E-state index contributed by atoms with van der Waals surface area (Å²) in [4.78, 5) is 11.4. The summed E-state index contributed by atoms with van der Waals surface area (Å²) in [5, 5.41) is 3.32. The number of halogens is 1. The molecule has 150 valence electrons. The van der Waals surface area contributed by atoms with Crippen LogP contribution in [0.3, 0.4) is 0 Å². The summed E-state index contributed by atoms with van der Waals surface area (Å²) in [7, 11) is 0. The quantitative estimate of drug-likeness (QED) is 0.385. The first-order chi connectivity index (χ1) is 13.3. The molecule has 1 aromatic heterocycles. The Morgan fingerprint density at radius 1 is 1.14 bits per heavy atom. The zero-order chi connectivity index (χ0) is 18.5. The number of nitrogens with two attached hydrogens (primary N) is 1. The van der Waals surface area contributed by atoms with Crippen molar-refractivity contribution in [1.29, 1.82) is 0 Å². The molecule has 0 amide bonds. The minimum atomic E-state index is 0. The van der Waals surface area contributed by atoms with Crippen LogP contribution in [0.1, 0.15) is 23.7 Å². The lowest BCUT2D eigenvalue weighted by atomic mass is 10.0. The van der Waals surface area contributed by atoms with Crippen molar-refractivity contribution in [2.45, 2.75) is 19.0 Å². The van der Waals surface area contributed by atoms with Gasteiger partial charge in [0.2, 0.25) is 0 Å². The van der Waals surface area contributed by atoms with Gasteiger partial charge in [-0.15, -0.1) is 24.0 Å². The number of aromatic nitrogens is 1. The molecule has 3 heterocycles. The number of hydrogen-bond donors (Lipinski definition) is 2.